The zero-order chi connectivity index (χ0) is 18.6. The minimum Gasteiger partial charge on any atom is -0.211 e. The summed E-state index contributed by atoms with van der Waals surface area (Å²) in [4.78, 5) is 43.7. The zero-order valence-electron chi connectivity index (χ0n) is 14.8. The minimum absolute atomic E-state index is 0.724. The fourth-order valence-electron chi connectivity index (χ4n) is 2.22. The van der Waals surface area contributed by atoms with Gasteiger partial charge in [-0.15, -0.1) is 0 Å². The van der Waals surface area contributed by atoms with Gasteiger partial charge in [0.1, 0.15) is 0 Å². The number of nitrogens with zero attached hydrogens (tertiary/aromatic N) is 3. The first-order chi connectivity index (χ1) is 11.0. The molecular weight excluding hydrogens is 306 g/mol. The van der Waals surface area contributed by atoms with E-state index in [1.807, 2.05) is 18.2 Å². The van der Waals surface area contributed by atoms with Gasteiger partial charge in [0.2, 0.25) is 18.2 Å². The highest BCUT2D eigenvalue weighted by atomic mass is 16.1. The summed E-state index contributed by atoms with van der Waals surface area (Å²) in [6.45, 7) is 10.6. The number of isocyanates is 3. The van der Waals surface area contributed by atoms with Crippen LogP contribution < -0.4 is 0 Å². The Hall–Kier alpha value is -2.64. The number of carbonyl (C=O) groups excluding carboxylic acids is 3. The van der Waals surface area contributed by atoms with Gasteiger partial charge in [-0.1, -0.05) is 18.2 Å². The lowest BCUT2D eigenvalue weighted by molar-refractivity contribution is 0.500. The molecule has 0 saturated carbocycles. The SMILES string of the molecule is CC(C)(N=C=O)c1cc(C(C)(C)N=C=O)cc(C(C)(C)N=C=O)c1. The molecule has 0 unspecified atom stereocenters. The van der Waals surface area contributed by atoms with Crippen LogP contribution in [0.5, 0.6) is 0 Å². The molecule has 0 fully saturated rings. The van der Waals surface area contributed by atoms with E-state index in [4.69, 9.17) is 0 Å². The molecule has 6 heteroatoms. The first-order valence-corrected chi connectivity index (χ1v) is 7.44. The maximum atomic E-state index is 10.7. The first kappa shape index (κ1) is 19.4. The molecule has 0 heterocycles. The van der Waals surface area contributed by atoms with E-state index in [1.165, 1.54) is 0 Å². The molecule has 0 aliphatic rings. The van der Waals surface area contributed by atoms with Crippen LogP contribution in [0.1, 0.15) is 58.2 Å². The monoisotopic (exact) mass is 327 g/mol. The topological polar surface area (TPSA) is 88.3 Å². The molecule has 0 N–H and O–H groups in total. The first-order valence-electron chi connectivity index (χ1n) is 7.44. The van der Waals surface area contributed by atoms with E-state index in [1.54, 1.807) is 59.8 Å². The number of hydrogen-bond acceptors (Lipinski definition) is 6. The standard InChI is InChI=1S/C18H21N3O3/c1-16(2,19-10-22)13-7-14(17(3,4)20-11-23)9-15(8-13)18(5,6)21-12-24/h7-9H,1-6H3. The molecule has 1 aromatic carbocycles. The lowest BCUT2D eigenvalue weighted by Gasteiger charge is -2.28. The third-order valence-electron chi connectivity index (χ3n) is 4.03. The molecule has 0 saturated heterocycles. The van der Waals surface area contributed by atoms with Crippen molar-refractivity contribution >= 4 is 18.2 Å². The van der Waals surface area contributed by atoms with Crippen LogP contribution in [0.15, 0.2) is 33.2 Å². The van der Waals surface area contributed by atoms with Gasteiger partial charge < -0.3 is 0 Å². The average molecular weight is 327 g/mol. The predicted molar refractivity (Wildman–Crippen MR) is 89.9 cm³/mol. The van der Waals surface area contributed by atoms with E-state index < -0.39 is 16.6 Å². The molecule has 0 atom stereocenters. The maximum absolute atomic E-state index is 10.7. The summed E-state index contributed by atoms with van der Waals surface area (Å²) < 4.78 is 0. The molecule has 6 nitrogen and oxygen atoms in total. The van der Waals surface area contributed by atoms with Crippen LogP contribution in [-0.2, 0) is 31.0 Å². The van der Waals surface area contributed by atoms with Crippen LogP contribution in [0, 0.1) is 0 Å². The van der Waals surface area contributed by atoms with Gasteiger partial charge in [0.25, 0.3) is 0 Å². The van der Waals surface area contributed by atoms with Crippen LogP contribution in [0.3, 0.4) is 0 Å². The average Bonchev–Trinajstić information content (AvgIpc) is 2.46. The van der Waals surface area contributed by atoms with Gasteiger partial charge in [0.15, 0.2) is 0 Å². The Morgan fingerprint density at radius 3 is 0.958 bits per heavy atom. The van der Waals surface area contributed by atoms with E-state index in [0.717, 1.165) is 16.7 Å². The largest absolute Gasteiger partial charge is 0.235 e. The van der Waals surface area contributed by atoms with Crippen molar-refractivity contribution in [2.45, 2.75) is 58.2 Å². The molecule has 0 aliphatic heterocycles. The molecule has 1 aromatic rings. The summed E-state index contributed by atoms with van der Waals surface area (Å²) in [6.07, 6.45) is 4.73. The van der Waals surface area contributed by atoms with Crippen LogP contribution in [0.4, 0.5) is 0 Å². The maximum Gasteiger partial charge on any atom is 0.235 e. The summed E-state index contributed by atoms with van der Waals surface area (Å²) in [5, 5.41) is 0. The van der Waals surface area contributed by atoms with E-state index in [9.17, 15) is 14.4 Å². The summed E-state index contributed by atoms with van der Waals surface area (Å²) in [7, 11) is 0. The predicted octanol–water partition coefficient (Wildman–Crippen LogP) is 3.40. The van der Waals surface area contributed by atoms with Gasteiger partial charge in [0.05, 0.1) is 16.6 Å². The van der Waals surface area contributed by atoms with Crippen molar-refractivity contribution in [3.05, 3.63) is 34.9 Å². The second-order valence-corrected chi connectivity index (χ2v) is 7.09. The Balaban J connectivity index is 3.78. The van der Waals surface area contributed by atoms with E-state index in [-0.39, 0.29) is 0 Å². The summed E-state index contributed by atoms with van der Waals surface area (Å²) in [6, 6.07) is 5.48. The second-order valence-electron chi connectivity index (χ2n) is 7.09. The quantitative estimate of drug-likeness (QED) is 0.592. The zero-order valence-corrected chi connectivity index (χ0v) is 14.8. The van der Waals surface area contributed by atoms with Gasteiger partial charge in [-0.25, -0.2) is 14.4 Å². The highest BCUT2D eigenvalue weighted by Crippen LogP contribution is 2.36. The normalized spacial score (nSPS) is 11.8. The third-order valence-corrected chi connectivity index (χ3v) is 4.03. The van der Waals surface area contributed by atoms with Gasteiger partial charge >= 0.3 is 0 Å². The van der Waals surface area contributed by atoms with Crippen LogP contribution in [0.2, 0.25) is 0 Å². The molecule has 0 bridgehead atoms. The number of hydrogen-bond donors (Lipinski definition) is 0. The molecule has 24 heavy (non-hydrogen) atoms. The van der Waals surface area contributed by atoms with E-state index >= 15 is 0 Å². The highest BCUT2D eigenvalue weighted by Gasteiger charge is 2.29. The van der Waals surface area contributed by atoms with Gasteiger partial charge in [-0.2, -0.15) is 15.0 Å². The Bertz CT molecular complexity index is 658. The van der Waals surface area contributed by atoms with Gasteiger partial charge in [0, 0.05) is 0 Å². The molecular formula is C18H21N3O3. The molecule has 0 radical (unpaired) electrons. The number of benzene rings is 1. The Morgan fingerprint density at radius 1 is 0.583 bits per heavy atom. The van der Waals surface area contributed by atoms with Gasteiger partial charge in [-0.05, 0) is 58.2 Å². The summed E-state index contributed by atoms with van der Waals surface area (Å²) in [5.41, 5.74) is -0.303. The van der Waals surface area contributed by atoms with Crippen molar-refractivity contribution in [3.8, 4) is 0 Å². The third kappa shape index (κ3) is 4.21. The molecule has 1 rings (SSSR count). The van der Waals surface area contributed by atoms with Crippen molar-refractivity contribution < 1.29 is 14.4 Å². The smallest absolute Gasteiger partial charge is 0.211 e. The summed E-state index contributed by atoms with van der Waals surface area (Å²) >= 11 is 0. The van der Waals surface area contributed by atoms with Crippen molar-refractivity contribution in [3.63, 3.8) is 0 Å². The Kier molecular flexibility index (Phi) is 5.54. The van der Waals surface area contributed by atoms with E-state index in [2.05, 4.69) is 15.0 Å². The van der Waals surface area contributed by atoms with Crippen molar-refractivity contribution in [1.82, 2.24) is 0 Å². The Morgan fingerprint density at radius 2 is 0.792 bits per heavy atom. The minimum atomic E-state index is -0.825. The molecule has 0 spiro atoms. The van der Waals surface area contributed by atoms with E-state index in [0.29, 0.717) is 0 Å². The molecule has 0 aliphatic carbocycles. The van der Waals surface area contributed by atoms with Gasteiger partial charge in [-0.3, -0.25) is 0 Å². The van der Waals surface area contributed by atoms with Crippen LogP contribution >= 0.6 is 0 Å². The molecule has 0 amide bonds. The lowest BCUT2D eigenvalue weighted by Crippen LogP contribution is -2.22. The second kappa shape index (κ2) is 6.86. The van der Waals surface area contributed by atoms with Crippen molar-refractivity contribution in [1.29, 1.82) is 0 Å². The van der Waals surface area contributed by atoms with Crippen LogP contribution in [0.25, 0.3) is 0 Å². The Labute approximate surface area is 141 Å². The lowest BCUT2D eigenvalue weighted by atomic mass is 9.82. The van der Waals surface area contributed by atoms with Crippen molar-refractivity contribution in [2.24, 2.45) is 15.0 Å². The molecule has 0 aromatic heterocycles. The fraction of sp³-hybridized carbons (Fsp3) is 0.500. The van der Waals surface area contributed by atoms with Crippen molar-refractivity contribution in [2.75, 3.05) is 0 Å². The fourth-order valence-corrected chi connectivity index (χ4v) is 2.22. The molecule has 126 valence electrons. The summed E-state index contributed by atoms with van der Waals surface area (Å²) in [5.74, 6) is 0. The highest BCUT2D eigenvalue weighted by molar-refractivity contribution is 5.46. The van der Waals surface area contributed by atoms with Crippen LogP contribution in [-0.4, -0.2) is 18.2 Å². The number of aliphatic imine (C=N–C) groups is 3. The number of rotatable bonds is 6.